The van der Waals surface area contributed by atoms with E-state index < -0.39 is 0 Å². The van der Waals surface area contributed by atoms with Crippen LogP contribution in [0.15, 0.2) is 24.3 Å². The number of anilines is 1. The van der Waals surface area contributed by atoms with Crippen molar-refractivity contribution in [3.05, 3.63) is 29.3 Å². The molecule has 112 valence electrons. The van der Waals surface area contributed by atoms with Crippen LogP contribution in [0, 0.1) is 0 Å². The molecular weight excluding hydrogens is 297 g/mol. The number of hydrogen-bond donors (Lipinski definition) is 2. The van der Waals surface area contributed by atoms with Gasteiger partial charge in [-0.2, -0.15) is 0 Å². The predicted molar refractivity (Wildman–Crippen MR) is 85.9 cm³/mol. The van der Waals surface area contributed by atoms with Crippen molar-refractivity contribution in [2.75, 3.05) is 32.0 Å². The molecule has 2 N–H and O–H groups in total. The molecule has 20 heavy (non-hydrogen) atoms. The summed E-state index contributed by atoms with van der Waals surface area (Å²) in [5.41, 5.74) is 0.674. The number of piperidine rings is 1. The van der Waals surface area contributed by atoms with Crippen LogP contribution in [0.4, 0.5) is 5.69 Å². The van der Waals surface area contributed by atoms with Crippen LogP contribution in [-0.2, 0) is 4.79 Å². The van der Waals surface area contributed by atoms with Gasteiger partial charge in [-0.3, -0.25) is 9.69 Å². The number of carbonyl (C=O) groups excluding carboxylic acids is 1. The molecular formula is C14H21Cl2N3O. The van der Waals surface area contributed by atoms with Crippen LogP contribution in [0.25, 0.3) is 0 Å². The third-order valence-electron chi connectivity index (χ3n) is 3.47. The first-order chi connectivity index (χ1) is 9.16. The normalized spacial score (nSPS) is 15.8. The molecule has 1 aromatic rings. The molecule has 0 spiro atoms. The molecule has 4 nitrogen and oxygen atoms in total. The largest absolute Gasteiger partial charge is 0.324 e. The Kier molecular flexibility index (Phi) is 7.30. The van der Waals surface area contributed by atoms with Crippen LogP contribution in [0.2, 0.25) is 5.02 Å². The van der Waals surface area contributed by atoms with Crippen LogP contribution in [0.1, 0.15) is 12.8 Å². The van der Waals surface area contributed by atoms with E-state index in [2.05, 4.69) is 15.5 Å². The van der Waals surface area contributed by atoms with Gasteiger partial charge in [-0.15, -0.1) is 12.4 Å². The van der Waals surface area contributed by atoms with Crippen LogP contribution < -0.4 is 10.6 Å². The van der Waals surface area contributed by atoms with E-state index in [1.54, 1.807) is 6.07 Å². The second-order valence-electron chi connectivity index (χ2n) is 4.92. The number of benzene rings is 1. The molecule has 1 aliphatic heterocycles. The number of halogens is 2. The molecule has 0 aromatic heterocycles. The minimum Gasteiger partial charge on any atom is -0.324 e. The lowest BCUT2D eigenvalue weighted by atomic mass is 10.1. The third-order valence-corrected chi connectivity index (χ3v) is 3.80. The number of rotatable bonds is 4. The Hall–Kier alpha value is -0.810. The fourth-order valence-corrected chi connectivity index (χ4v) is 2.54. The van der Waals surface area contributed by atoms with E-state index in [1.165, 1.54) is 0 Å². The van der Waals surface area contributed by atoms with Gasteiger partial charge in [-0.25, -0.2) is 0 Å². The third kappa shape index (κ3) is 4.94. The quantitative estimate of drug-likeness (QED) is 0.896. The molecule has 1 saturated heterocycles. The molecule has 1 aliphatic rings. The number of likely N-dealkylation sites (N-methyl/N-ethyl adjacent to an activating group) is 1. The maximum atomic E-state index is 12.0. The van der Waals surface area contributed by atoms with Gasteiger partial charge < -0.3 is 10.6 Å². The van der Waals surface area contributed by atoms with Crippen molar-refractivity contribution in [1.82, 2.24) is 10.2 Å². The minimum absolute atomic E-state index is 0. The number of amides is 1. The SMILES string of the molecule is CN(CC(=O)Nc1ccccc1Cl)C1CCNCC1.Cl. The maximum absolute atomic E-state index is 12.0. The Morgan fingerprint density at radius 2 is 2.05 bits per heavy atom. The van der Waals surface area contributed by atoms with Gasteiger partial charge in [0.1, 0.15) is 0 Å². The highest BCUT2D eigenvalue weighted by Gasteiger charge is 2.19. The summed E-state index contributed by atoms with van der Waals surface area (Å²) in [4.78, 5) is 14.1. The molecule has 0 aliphatic carbocycles. The zero-order chi connectivity index (χ0) is 13.7. The molecule has 0 atom stereocenters. The summed E-state index contributed by atoms with van der Waals surface area (Å²) in [6.45, 7) is 2.46. The minimum atomic E-state index is -0.0193. The number of para-hydroxylation sites is 1. The zero-order valence-corrected chi connectivity index (χ0v) is 13.1. The van der Waals surface area contributed by atoms with E-state index in [-0.39, 0.29) is 18.3 Å². The Labute approximate surface area is 131 Å². The van der Waals surface area contributed by atoms with Crippen molar-refractivity contribution >= 4 is 35.6 Å². The summed E-state index contributed by atoms with van der Waals surface area (Å²) in [5, 5.41) is 6.75. The van der Waals surface area contributed by atoms with Crippen LogP contribution in [0.5, 0.6) is 0 Å². The Morgan fingerprint density at radius 3 is 2.70 bits per heavy atom. The lowest BCUT2D eigenvalue weighted by Gasteiger charge is -2.31. The smallest absolute Gasteiger partial charge is 0.238 e. The summed E-state index contributed by atoms with van der Waals surface area (Å²) in [6.07, 6.45) is 2.19. The summed E-state index contributed by atoms with van der Waals surface area (Å²) < 4.78 is 0. The second kappa shape index (κ2) is 8.47. The molecule has 1 amide bonds. The van der Waals surface area contributed by atoms with Gasteiger partial charge in [0.25, 0.3) is 0 Å². The Bertz CT molecular complexity index is 436. The van der Waals surface area contributed by atoms with Crippen LogP contribution >= 0.6 is 24.0 Å². The molecule has 1 heterocycles. The zero-order valence-electron chi connectivity index (χ0n) is 11.6. The van der Waals surface area contributed by atoms with Crippen molar-refractivity contribution in [3.8, 4) is 0 Å². The van der Waals surface area contributed by atoms with Crippen molar-refractivity contribution in [3.63, 3.8) is 0 Å². The van der Waals surface area contributed by atoms with Crippen LogP contribution in [-0.4, -0.2) is 43.5 Å². The predicted octanol–water partition coefficient (Wildman–Crippen LogP) is 2.38. The average Bonchev–Trinajstić information content (AvgIpc) is 2.42. The van der Waals surface area contributed by atoms with Gasteiger partial charge in [0.05, 0.1) is 17.3 Å². The van der Waals surface area contributed by atoms with Gasteiger partial charge in [-0.1, -0.05) is 23.7 Å². The van der Waals surface area contributed by atoms with E-state index in [1.807, 2.05) is 25.2 Å². The highest BCUT2D eigenvalue weighted by molar-refractivity contribution is 6.33. The highest BCUT2D eigenvalue weighted by atomic mass is 35.5. The number of nitrogens with one attached hydrogen (secondary N) is 2. The van der Waals surface area contributed by atoms with Gasteiger partial charge in [0.2, 0.25) is 5.91 Å². The first-order valence-corrected chi connectivity index (χ1v) is 7.00. The fourth-order valence-electron chi connectivity index (χ4n) is 2.36. The molecule has 1 aromatic carbocycles. The van der Waals surface area contributed by atoms with Crippen molar-refractivity contribution in [2.45, 2.75) is 18.9 Å². The summed E-state index contributed by atoms with van der Waals surface area (Å²) in [6, 6.07) is 7.77. The molecule has 0 unspecified atom stereocenters. The van der Waals surface area contributed by atoms with Crippen LogP contribution in [0.3, 0.4) is 0 Å². The number of hydrogen-bond acceptors (Lipinski definition) is 3. The lowest BCUT2D eigenvalue weighted by molar-refractivity contribution is -0.117. The Balaban J connectivity index is 0.00000200. The second-order valence-corrected chi connectivity index (χ2v) is 5.33. The topological polar surface area (TPSA) is 44.4 Å². The highest BCUT2D eigenvalue weighted by Crippen LogP contribution is 2.20. The molecule has 0 saturated carbocycles. The summed E-state index contributed by atoms with van der Waals surface area (Å²) in [7, 11) is 2.00. The van der Waals surface area contributed by atoms with Crippen molar-refractivity contribution in [1.29, 1.82) is 0 Å². The average molecular weight is 318 g/mol. The van der Waals surface area contributed by atoms with E-state index in [9.17, 15) is 4.79 Å². The molecule has 0 bridgehead atoms. The van der Waals surface area contributed by atoms with E-state index >= 15 is 0 Å². The standard InChI is InChI=1S/C14H20ClN3O.ClH/c1-18(11-6-8-16-9-7-11)10-14(19)17-13-5-3-2-4-12(13)15;/h2-5,11,16H,6-10H2,1H3,(H,17,19);1H. The lowest BCUT2D eigenvalue weighted by Crippen LogP contribution is -2.44. The van der Waals surface area contributed by atoms with Gasteiger partial charge in [0, 0.05) is 6.04 Å². The van der Waals surface area contributed by atoms with E-state index in [0.29, 0.717) is 23.3 Å². The van der Waals surface area contributed by atoms with E-state index in [4.69, 9.17) is 11.6 Å². The van der Waals surface area contributed by atoms with Crippen molar-refractivity contribution < 1.29 is 4.79 Å². The van der Waals surface area contributed by atoms with Crippen molar-refractivity contribution in [2.24, 2.45) is 0 Å². The number of nitrogens with zero attached hydrogens (tertiary/aromatic N) is 1. The molecule has 0 radical (unpaired) electrons. The summed E-state index contributed by atoms with van der Waals surface area (Å²) >= 11 is 6.02. The van der Waals surface area contributed by atoms with Gasteiger partial charge in [-0.05, 0) is 45.1 Å². The monoisotopic (exact) mass is 317 g/mol. The molecule has 6 heteroatoms. The number of carbonyl (C=O) groups is 1. The molecule has 2 rings (SSSR count). The summed E-state index contributed by atoms with van der Waals surface area (Å²) in [5.74, 6) is -0.0193. The van der Waals surface area contributed by atoms with Gasteiger partial charge in [0.15, 0.2) is 0 Å². The molecule has 1 fully saturated rings. The first kappa shape index (κ1) is 17.2. The maximum Gasteiger partial charge on any atom is 0.238 e. The van der Waals surface area contributed by atoms with Gasteiger partial charge >= 0.3 is 0 Å². The fraction of sp³-hybridized carbons (Fsp3) is 0.500. The Morgan fingerprint density at radius 1 is 1.40 bits per heavy atom. The first-order valence-electron chi connectivity index (χ1n) is 6.62. The van der Waals surface area contributed by atoms with E-state index in [0.717, 1.165) is 25.9 Å².